The van der Waals surface area contributed by atoms with Gasteiger partial charge in [0.05, 0.1) is 0 Å². The Hall–Kier alpha value is 0.620. The molecule has 4 nitrogen and oxygen atoms in total. The van der Waals surface area contributed by atoms with Gasteiger partial charge in [0.25, 0.3) is 0 Å². The van der Waals surface area contributed by atoms with Crippen molar-refractivity contribution in [1.29, 1.82) is 0 Å². The molecule has 0 aliphatic carbocycles. The van der Waals surface area contributed by atoms with Crippen molar-refractivity contribution in [2.45, 2.75) is 0 Å². The molecule has 1 aliphatic heterocycles. The monoisotopic (exact) mass is 130 g/mol. The maximum absolute atomic E-state index is 8.08. The Morgan fingerprint density at radius 1 is 1.33 bits per heavy atom. The SMILES string of the molecule is OP1(O)(O)OS1. The van der Waals surface area contributed by atoms with E-state index in [4.69, 9.17) is 14.7 Å². The van der Waals surface area contributed by atoms with E-state index in [-0.39, 0.29) is 0 Å². The Labute approximate surface area is 38.0 Å². The van der Waals surface area contributed by atoms with E-state index in [1.54, 1.807) is 0 Å². The molecule has 3 N–H and O–H groups in total. The summed E-state index contributed by atoms with van der Waals surface area (Å²) in [5, 5.41) is 0. The molecular weight excluding hydrogens is 127 g/mol. The summed E-state index contributed by atoms with van der Waals surface area (Å²) in [7, 11) is 0. The van der Waals surface area contributed by atoms with Crippen molar-refractivity contribution in [1.82, 2.24) is 0 Å². The predicted molar refractivity (Wildman–Crippen MR) is 22.3 cm³/mol. The minimum atomic E-state index is -4.38. The third-order valence-corrected chi connectivity index (χ3v) is 2.47. The van der Waals surface area contributed by atoms with E-state index in [0.29, 0.717) is 11.7 Å². The average Bonchev–Trinajstić information content (AvgIpc) is 1.73. The molecule has 1 heterocycles. The molecule has 0 spiro atoms. The van der Waals surface area contributed by atoms with Crippen LogP contribution in [0.15, 0.2) is 0 Å². The minimum absolute atomic E-state index is 0.325. The second-order valence-corrected chi connectivity index (χ2v) is 5.76. The van der Waals surface area contributed by atoms with Gasteiger partial charge in [0.2, 0.25) is 0 Å². The van der Waals surface area contributed by atoms with Crippen LogP contribution in [0.3, 0.4) is 0 Å². The number of hydrogen-bond acceptors (Lipinski definition) is 5. The zero-order chi connectivity index (χ0) is 4.86. The molecule has 0 saturated carbocycles. The Morgan fingerprint density at radius 3 is 1.50 bits per heavy atom. The van der Waals surface area contributed by atoms with E-state index in [1.807, 2.05) is 0 Å². The van der Waals surface area contributed by atoms with Crippen molar-refractivity contribution in [3.8, 4) is 0 Å². The van der Waals surface area contributed by atoms with Crippen LogP contribution in [0.5, 0.6) is 0 Å². The molecule has 0 unspecified atom stereocenters. The van der Waals surface area contributed by atoms with Crippen LogP contribution in [-0.4, -0.2) is 14.7 Å². The summed E-state index contributed by atoms with van der Waals surface area (Å²) in [5.74, 6) is 0. The first-order valence-electron chi connectivity index (χ1n) is 1.13. The summed E-state index contributed by atoms with van der Waals surface area (Å²) in [6.45, 7) is -4.38. The molecule has 1 fully saturated rings. The maximum atomic E-state index is 8.08. The fourth-order valence-corrected chi connectivity index (χ4v) is 1.21. The molecule has 1 saturated heterocycles. The van der Waals surface area contributed by atoms with Gasteiger partial charge in [0.1, 0.15) is 0 Å². The molecule has 0 aromatic heterocycles. The topological polar surface area (TPSA) is 73.2 Å². The standard InChI is InChI=1S/H3O4PS/c1-5(2,3)4-6-5/h1-3H. The molecule has 0 aromatic rings. The third-order valence-electron chi connectivity index (χ3n) is 0.275. The van der Waals surface area contributed by atoms with Gasteiger partial charge in [-0.25, -0.2) is 0 Å². The zero-order valence-corrected chi connectivity index (χ0v) is 4.32. The Kier molecular flexibility index (Phi) is 0.599. The first-order valence-corrected chi connectivity index (χ1v) is 4.49. The summed E-state index contributed by atoms with van der Waals surface area (Å²) in [6.07, 6.45) is 0. The Bertz CT molecular complexity index is 71.3. The fraction of sp³-hybridized carbons (Fsp3) is 0. The summed E-state index contributed by atoms with van der Waals surface area (Å²) < 4.78 is 3.80. The van der Waals surface area contributed by atoms with Gasteiger partial charge in [-0.3, -0.25) is 0 Å². The van der Waals surface area contributed by atoms with E-state index in [0.717, 1.165) is 0 Å². The van der Waals surface area contributed by atoms with Crippen LogP contribution in [0, 0.1) is 0 Å². The van der Waals surface area contributed by atoms with E-state index < -0.39 is 6.71 Å². The number of hydrogen-bond donors (Lipinski definition) is 3. The average molecular weight is 130 g/mol. The molecule has 6 heteroatoms. The normalized spacial score (nSPS) is 42.8. The van der Waals surface area contributed by atoms with Gasteiger partial charge in [-0.15, -0.1) is 0 Å². The van der Waals surface area contributed by atoms with E-state index in [9.17, 15) is 0 Å². The molecule has 38 valence electrons. The van der Waals surface area contributed by atoms with Crippen LogP contribution in [0.2, 0.25) is 0 Å². The molecule has 0 radical (unpaired) electrons. The van der Waals surface area contributed by atoms with E-state index >= 15 is 0 Å². The van der Waals surface area contributed by atoms with Crippen LogP contribution in [-0.2, 0) is 3.97 Å². The summed E-state index contributed by atoms with van der Waals surface area (Å²) >= 11 is 0.325. The van der Waals surface area contributed by atoms with Gasteiger partial charge >= 0.3 is 37.0 Å². The Morgan fingerprint density at radius 2 is 1.50 bits per heavy atom. The quantitative estimate of drug-likeness (QED) is 0.240. The summed E-state index contributed by atoms with van der Waals surface area (Å²) in [5.41, 5.74) is 0. The Balaban J connectivity index is 2.67. The number of rotatable bonds is 0. The van der Waals surface area contributed by atoms with E-state index in [1.165, 1.54) is 0 Å². The second kappa shape index (κ2) is 0.753. The van der Waals surface area contributed by atoms with Crippen molar-refractivity contribution >= 4 is 18.4 Å². The van der Waals surface area contributed by atoms with Crippen molar-refractivity contribution in [2.24, 2.45) is 0 Å². The first kappa shape index (κ1) is 4.77. The van der Waals surface area contributed by atoms with Crippen LogP contribution in [0.4, 0.5) is 0 Å². The van der Waals surface area contributed by atoms with Gasteiger partial charge in [0, 0.05) is 0 Å². The van der Waals surface area contributed by atoms with Crippen molar-refractivity contribution < 1.29 is 18.7 Å². The van der Waals surface area contributed by atoms with Crippen LogP contribution in [0.1, 0.15) is 0 Å². The second-order valence-electron chi connectivity index (χ2n) is 0.982. The molecule has 1 rings (SSSR count). The van der Waals surface area contributed by atoms with E-state index in [2.05, 4.69) is 3.97 Å². The van der Waals surface area contributed by atoms with Crippen molar-refractivity contribution in [3.63, 3.8) is 0 Å². The molecule has 1 aliphatic rings. The van der Waals surface area contributed by atoms with Gasteiger partial charge in [-0.1, -0.05) is 0 Å². The van der Waals surface area contributed by atoms with Crippen LogP contribution in [0.25, 0.3) is 0 Å². The first-order chi connectivity index (χ1) is 2.47. The van der Waals surface area contributed by atoms with Gasteiger partial charge in [0.15, 0.2) is 0 Å². The molecule has 0 amide bonds. The van der Waals surface area contributed by atoms with Gasteiger partial charge in [-0.2, -0.15) is 0 Å². The third kappa shape index (κ3) is 1.04. The molecule has 0 bridgehead atoms. The van der Waals surface area contributed by atoms with Crippen LogP contribution >= 0.6 is 18.4 Å². The van der Waals surface area contributed by atoms with Crippen LogP contribution < -0.4 is 0 Å². The van der Waals surface area contributed by atoms with Crippen molar-refractivity contribution in [3.05, 3.63) is 0 Å². The van der Waals surface area contributed by atoms with Gasteiger partial charge in [-0.05, 0) is 0 Å². The van der Waals surface area contributed by atoms with Crippen molar-refractivity contribution in [2.75, 3.05) is 0 Å². The van der Waals surface area contributed by atoms with Gasteiger partial charge < -0.3 is 0 Å². The zero-order valence-electron chi connectivity index (χ0n) is 2.61. The summed E-state index contributed by atoms with van der Waals surface area (Å²) in [4.78, 5) is 24.2. The molecular formula is H3O4PS. The summed E-state index contributed by atoms with van der Waals surface area (Å²) in [6, 6.07) is 0. The fourth-order valence-electron chi connectivity index (χ4n) is 0.0447. The molecule has 6 heavy (non-hydrogen) atoms. The molecule has 0 atom stereocenters. The predicted octanol–water partition coefficient (Wildman–Crippen LogP) is -0.230. The molecule has 0 aromatic carbocycles.